The molecule has 0 radical (unpaired) electrons. The molecular formula is C23H38O7Si. The number of aliphatic hydroxyl groups is 2. The maximum atomic E-state index is 11.2. The van der Waals surface area contributed by atoms with Crippen LogP contribution >= 0.6 is 0 Å². The molecule has 0 bridgehead atoms. The highest BCUT2D eigenvalue weighted by Gasteiger charge is 2.57. The lowest BCUT2D eigenvalue weighted by atomic mass is 10.0. The molecule has 0 saturated carbocycles. The van der Waals surface area contributed by atoms with Crippen molar-refractivity contribution in [2.45, 2.75) is 102 Å². The first-order chi connectivity index (χ1) is 14.3. The van der Waals surface area contributed by atoms with Crippen LogP contribution in [0.25, 0.3) is 0 Å². The molecule has 176 valence electrons. The van der Waals surface area contributed by atoms with Gasteiger partial charge < -0.3 is 33.6 Å². The molecule has 0 aliphatic carbocycles. The third kappa shape index (κ3) is 5.75. The number of ether oxygens (including phenoxy) is 4. The first-order valence-electron chi connectivity index (χ1n) is 11.0. The van der Waals surface area contributed by atoms with Crippen molar-refractivity contribution in [3.05, 3.63) is 35.9 Å². The first kappa shape index (κ1) is 24.8. The molecule has 7 nitrogen and oxygen atoms in total. The lowest BCUT2D eigenvalue weighted by Crippen LogP contribution is -2.54. The van der Waals surface area contributed by atoms with Gasteiger partial charge in [-0.15, -0.1) is 0 Å². The van der Waals surface area contributed by atoms with Crippen LogP contribution in [0.3, 0.4) is 0 Å². The summed E-state index contributed by atoms with van der Waals surface area (Å²) >= 11 is 0. The van der Waals surface area contributed by atoms with Gasteiger partial charge in [0.05, 0.1) is 19.3 Å². The highest BCUT2D eigenvalue weighted by Crippen LogP contribution is 2.41. The average Bonchev–Trinajstić information content (AvgIpc) is 3.12. The van der Waals surface area contributed by atoms with E-state index in [0.717, 1.165) is 5.56 Å². The summed E-state index contributed by atoms with van der Waals surface area (Å²) in [5, 5.41) is 22.0. The largest absolute Gasteiger partial charge is 0.409 e. The number of hydrogen-bond acceptors (Lipinski definition) is 7. The molecule has 2 heterocycles. The van der Waals surface area contributed by atoms with E-state index in [1.807, 2.05) is 30.3 Å². The monoisotopic (exact) mass is 454 g/mol. The number of aliphatic hydroxyl groups excluding tert-OH is 2. The topological polar surface area (TPSA) is 86.6 Å². The molecule has 2 fully saturated rings. The van der Waals surface area contributed by atoms with Crippen molar-refractivity contribution in [3.63, 3.8) is 0 Å². The molecule has 31 heavy (non-hydrogen) atoms. The molecule has 6 atom stereocenters. The van der Waals surface area contributed by atoms with E-state index in [-0.39, 0.29) is 11.6 Å². The summed E-state index contributed by atoms with van der Waals surface area (Å²) < 4.78 is 29.8. The van der Waals surface area contributed by atoms with E-state index in [0.29, 0.717) is 6.61 Å². The maximum Gasteiger partial charge on any atom is 0.192 e. The second kappa shape index (κ2) is 9.19. The maximum absolute atomic E-state index is 11.2. The van der Waals surface area contributed by atoms with Gasteiger partial charge in [0.25, 0.3) is 0 Å². The van der Waals surface area contributed by atoms with Crippen molar-refractivity contribution in [1.29, 1.82) is 0 Å². The summed E-state index contributed by atoms with van der Waals surface area (Å²) in [4.78, 5) is 0. The summed E-state index contributed by atoms with van der Waals surface area (Å²) in [6.45, 7) is 14.8. The van der Waals surface area contributed by atoms with Crippen LogP contribution in [-0.2, 0) is 30.0 Å². The van der Waals surface area contributed by atoms with Crippen molar-refractivity contribution < 1.29 is 33.6 Å². The van der Waals surface area contributed by atoms with Gasteiger partial charge in [0.15, 0.2) is 20.4 Å². The third-order valence-electron chi connectivity index (χ3n) is 6.42. The van der Waals surface area contributed by atoms with Crippen molar-refractivity contribution in [1.82, 2.24) is 0 Å². The Morgan fingerprint density at radius 3 is 2.35 bits per heavy atom. The van der Waals surface area contributed by atoms with Crippen LogP contribution in [0, 0.1) is 0 Å². The van der Waals surface area contributed by atoms with Crippen molar-refractivity contribution in [2.24, 2.45) is 0 Å². The van der Waals surface area contributed by atoms with Gasteiger partial charge in [0.2, 0.25) is 0 Å². The van der Waals surface area contributed by atoms with Gasteiger partial charge in [0, 0.05) is 0 Å². The quantitative estimate of drug-likeness (QED) is 0.583. The third-order valence-corrected chi connectivity index (χ3v) is 10.9. The van der Waals surface area contributed by atoms with E-state index < -0.39 is 50.9 Å². The summed E-state index contributed by atoms with van der Waals surface area (Å²) in [7, 11) is -2.22. The minimum Gasteiger partial charge on any atom is -0.409 e. The summed E-state index contributed by atoms with van der Waals surface area (Å²) in [6, 6.07) is 9.85. The molecule has 0 amide bonds. The second-order valence-corrected chi connectivity index (χ2v) is 15.2. The highest BCUT2D eigenvalue weighted by atomic mass is 28.4. The fourth-order valence-electron chi connectivity index (χ4n) is 3.63. The second-order valence-electron chi connectivity index (χ2n) is 10.5. The van der Waals surface area contributed by atoms with Gasteiger partial charge in [-0.3, -0.25) is 0 Å². The number of rotatable bonds is 8. The van der Waals surface area contributed by atoms with Crippen LogP contribution in [0.1, 0.15) is 40.2 Å². The van der Waals surface area contributed by atoms with Crippen LogP contribution in [-0.4, -0.2) is 67.7 Å². The van der Waals surface area contributed by atoms with Crippen molar-refractivity contribution in [3.8, 4) is 0 Å². The van der Waals surface area contributed by atoms with Crippen LogP contribution in [0.4, 0.5) is 0 Å². The average molecular weight is 455 g/mol. The van der Waals surface area contributed by atoms with Gasteiger partial charge in [0.1, 0.15) is 24.4 Å². The number of benzene rings is 1. The van der Waals surface area contributed by atoms with E-state index >= 15 is 0 Å². The zero-order chi connectivity index (χ0) is 23.0. The van der Waals surface area contributed by atoms with Crippen LogP contribution in [0.15, 0.2) is 30.3 Å². The Bertz CT molecular complexity index is 718. The first-order valence-corrected chi connectivity index (χ1v) is 13.9. The zero-order valence-corrected chi connectivity index (χ0v) is 20.7. The number of fused-ring (bicyclic) bond motifs is 1. The Balaban J connectivity index is 1.70. The Labute approximate surface area is 186 Å². The van der Waals surface area contributed by atoms with E-state index in [2.05, 4.69) is 33.9 Å². The van der Waals surface area contributed by atoms with E-state index in [1.165, 1.54) is 0 Å². The van der Waals surface area contributed by atoms with Crippen molar-refractivity contribution >= 4 is 8.32 Å². The lowest BCUT2D eigenvalue weighted by molar-refractivity contribution is -0.232. The van der Waals surface area contributed by atoms with E-state index in [4.69, 9.17) is 23.4 Å². The molecule has 0 spiro atoms. The molecule has 2 aliphatic rings. The highest BCUT2D eigenvalue weighted by molar-refractivity contribution is 6.74. The molecule has 1 aromatic carbocycles. The molecule has 2 saturated heterocycles. The van der Waals surface area contributed by atoms with E-state index in [1.54, 1.807) is 13.8 Å². The Hall–Kier alpha value is -0.843. The number of hydrogen-bond donors (Lipinski definition) is 2. The summed E-state index contributed by atoms with van der Waals surface area (Å²) in [6.07, 6.45) is -5.03. The molecule has 3 rings (SSSR count). The van der Waals surface area contributed by atoms with Crippen LogP contribution < -0.4 is 0 Å². The molecule has 2 N–H and O–H groups in total. The summed E-state index contributed by atoms with van der Waals surface area (Å²) in [5.41, 5.74) is 1.04. The molecular weight excluding hydrogens is 416 g/mol. The fraction of sp³-hybridized carbons (Fsp3) is 0.739. The Morgan fingerprint density at radius 2 is 1.77 bits per heavy atom. The Kier molecular flexibility index (Phi) is 7.35. The van der Waals surface area contributed by atoms with Gasteiger partial charge in [-0.1, -0.05) is 51.1 Å². The van der Waals surface area contributed by atoms with Gasteiger partial charge in [-0.2, -0.15) is 0 Å². The predicted molar refractivity (Wildman–Crippen MR) is 119 cm³/mol. The van der Waals surface area contributed by atoms with Gasteiger partial charge >= 0.3 is 0 Å². The SMILES string of the molecule is CC1(C)O[C@H]2O[C@H]([C@H](O)[C@H](COCc3ccccc3)O[Si](C)(C)C(C)(C)C)[C@H](O)[C@H]2O1. The molecule has 2 aliphatic heterocycles. The minimum absolute atomic E-state index is 0.0493. The van der Waals surface area contributed by atoms with Gasteiger partial charge in [-0.05, 0) is 37.5 Å². The van der Waals surface area contributed by atoms with Crippen molar-refractivity contribution in [2.75, 3.05) is 6.61 Å². The molecule has 1 aromatic rings. The van der Waals surface area contributed by atoms with Crippen LogP contribution in [0.5, 0.6) is 0 Å². The van der Waals surface area contributed by atoms with E-state index in [9.17, 15) is 10.2 Å². The van der Waals surface area contributed by atoms with Gasteiger partial charge in [-0.25, -0.2) is 0 Å². The standard InChI is InChI=1S/C23H38O7Si/c1-22(2,3)31(6,7)30-16(14-26-13-15-11-9-8-10-12-15)17(24)19-18(25)20-21(27-19)29-23(4,5)28-20/h8-12,16-21,24-25H,13-14H2,1-7H3/t16-,17+,18-,19+,20+,21+/m0/s1. The Morgan fingerprint density at radius 1 is 1.13 bits per heavy atom. The predicted octanol–water partition coefficient (Wildman–Crippen LogP) is 3.19. The zero-order valence-electron chi connectivity index (χ0n) is 19.7. The normalized spacial score (nSPS) is 30.2. The smallest absolute Gasteiger partial charge is 0.192 e. The molecule has 8 heteroatoms. The minimum atomic E-state index is -2.22. The summed E-state index contributed by atoms with van der Waals surface area (Å²) in [5.74, 6) is -0.831. The fourth-order valence-corrected chi connectivity index (χ4v) is 4.95. The lowest BCUT2D eigenvalue weighted by Gasteiger charge is -2.41. The van der Waals surface area contributed by atoms with Crippen LogP contribution in [0.2, 0.25) is 18.1 Å². The molecule has 0 aromatic heterocycles. The molecule has 0 unspecified atom stereocenters.